The van der Waals surface area contributed by atoms with Gasteiger partial charge in [-0.2, -0.15) is 4.98 Å². The van der Waals surface area contributed by atoms with E-state index in [0.717, 1.165) is 4.90 Å². The number of anilines is 2. The standard InChI is InChI=1S/C18H19N5O4/c1-10(23-16(25)11-7-5-6-8-12(11)17(23)26)15(24)20-13-9-19-18(27-4)21-14(13)22(2)3/h5-10H,1-4H3,(H,20,24). The molecule has 9 nitrogen and oxygen atoms in total. The van der Waals surface area contributed by atoms with Gasteiger partial charge >= 0.3 is 6.01 Å². The van der Waals surface area contributed by atoms with E-state index in [2.05, 4.69) is 15.3 Å². The van der Waals surface area contributed by atoms with Crippen LogP contribution in [0.3, 0.4) is 0 Å². The fourth-order valence-electron chi connectivity index (χ4n) is 2.80. The van der Waals surface area contributed by atoms with Gasteiger partial charge in [0.25, 0.3) is 11.8 Å². The van der Waals surface area contributed by atoms with Crippen molar-refractivity contribution < 1.29 is 19.1 Å². The first-order chi connectivity index (χ1) is 12.8. The maximum absolute atomic E-state index is 12.7. The summed E-state index contributed by atoms with van der Waals surface area (Å²) in [6.07, 6.45) is 1.41. The summed E-state index contributed by atoms with van der Waals surface area (Å²) in [6, 6.07) is 5.65. The van der Waals surface area contributed by atoms with Crippen molar-refractivity contribution in [2.24, 2.45) is 0 Å². The van der Waals surface area contributed by atoms with Gasteiger partial charge in [0.1, 0.15) is 11.7 Å². The Morgan fingerprint density at radius 2 is 1.78 bits per heavy atom. The van der Waals surface area contributed by atoms with Gasteiger partial charge in [0.2, 0.25) is 5.91 Å². The van der Waals surface area contributed by atoms with Crippen LogP contribution in [0.4, 0.5) is 11.5 Å². The van der Waals surface area contributed by atoms with Gasteiger partial charge < -0.3 is 15.0 Å². The minimum atomic E-state index is -1.01. The van der Waals surface area contributed by atoms with Crippen molar-refractivity contribution in [2.45, 2.75) is 13.0 Å². The first-order valence-corrected chi connectivity index (χ1v) is 8.21. The zero-order valence-corrected chi connectivity index (χ0v) is 15.4. The molecule has 3 amide bonds. The van der Waals surface area contributed by atoms with Crippen molar-refractivity contribution in [1.82, 2.24) is 14.9 Å². The summed E-state index contributed by atoms with van der Waals surface area (Å²) < 4.78 is 5.00. The van der Waals surface area contributed by atoms with E-state index in [9.17, 15) is 14.4 Å². The lowest BCUT2D eigenvalue weighted by atomic mass is 10.1. The third-order valence-electron chi connectivity index (χ3n) is 4.20. The zero-order valence-electron chi connectivity index (χ0n) is 15.4. The van der Waals surface area contributed by atoms with E-state index in [1.54, 1.807) is 43.3 Å². The number of nitrogens with zero attached hydrogens (tertiary/aromatic N) is 4. The van der Waals surface area contributed by atoms with E-state index in [-0.39, 0.29) is 6.01 Å². The molecule has 2 heterocycles. The number of hydrogen-bond donors (Lipinski definition) is 1. The predicted molar refractivity (Wildman–Crippen MR) is 97.9 cm³/mol. The normalized spacial score (nSPS) is 14.0. The lowest BCUT2D eigenvalue weighted by Crippen LogP contribution is -2.45. The molecule has 1 aliphatic heterocycles. The predicted octanol–water partition coefficient (Wildman–Crippen LogP) is 1.17. The second kappa shape index (κ2) is 7.02. The Morgan fingerprint density at radius 1 is 1.19 bits per heavy atom. The van der Waals surface area contributed by atoms with Gasteiger partial charge in [0, 0.05) is 14.1 Å². The molecule has 1 aromatic heterocycles. The molecule has 1 unspecified atom stereocenters. The minimum absolute atomic E-state index is 0.157. The molecule has 0 aliphatic carbocycles. The van der Waals surface area contributed by atoms with Gasteiger partial charge in [-0.3, -0.25) is 19.3 Å². The Bertz CT molecular complexity index is 893. The van der Waals surface area contributed by atoms with Gasteiger partial charge in [0.05, 0.1) is 24.4 Å². The third kappa shape index (κ3) is 3.19. The molecule has 9 heteroatoms. The number of imide groups is 1. The highest BCUT2D eigenvalue weighted by Gasteiger charge is 2.40. The number of aromatic nitrogens is 2. The van der Waals surface area contributed by atoms with Crippen LogP contribution in [-0.2, 0) is 4.79 Å². The second-order valence-electron chi connectivity index (χ2n) is 6.18. The molecule has 27 heavy (non-hydrogen) atoms. The summed E-state index contributed by atoms with van der Waals surface area (Å²) in [5, 5.41) is 2.68. The second-order valence-corrected chi connectivity index (χ2v) is 6.18. The Labute approximate surface area is 156 Å². The number of carbonyl (C=O) groups excluding carboxylic acids is 3. The van der Waals surface area contributed by atoms with Crippen LogP contribution in [0.2, 0.25) is 0 Å². The molecule has 1 aliphatic rings. The van der Waals surface area contributed by atoms with E-state index in [4.69, 9.17) is 4.74 Å². The quantitative estimate of drug-likeness (QED) is 0.789. The number of carbonyl (C=O) groups is 3. The van der Waals surface area contributed by atoms with Gasteiger partial charge in [-0.15, -0.1) is 0 Å². The highest BCUT2D eigenvalue weighted by molar-refractivity contribution is 6.23. The summed E-state index contributed by atoms with van der Waals surface area (Å²) >= 11 is 0. The van der Waals surface area contributed by atoms with Crippen LogP contribution >= 0.6 is 0 Å². The molecule has 1 aromatic carbocycles. The average Bonchev–Trinajstić information content (AvgIpc) is 2.92. The van der Waals surface area contributed by atoms with Gasteiger partial charge in [-0.05, 0) is 19.1 Å². The highest BCUT2D eigenvalue weighted by Crippen LogP contribution is 2.26. The van der Waals surface area contributed by atoms with E-state index < -0.39 is 23.8 Å². The Hall–Kier alpha value is -3.49. The molecule has 0 fully saturated rings. The lowest BCUT2D eigenvalue weighted by Gasteiger charge is -2.23. The van der Waals surface area contributed by atoms with Gasteiger partial charge in [-0.25, -0.2) is 4.98 Å². The number of rotatable bonds is 5. The van der Waals surface area contributed by atoms with Crippen LogP contribution in [-0.4, -0.2) is 59.8 Å². The number of ether oxygens (including phenoxy) is 1. The molecule has 0 saturated carbocycles. The van der Waals surface area contributed by atoms with Crippen molar-refractivity contribution in [3.8, 4) is 6.01 Å². The molecule has 0 saturated heterocycles. The maximum atomic E-state index is 12.7. The van der Waals surface area contributed by atoms with Gasteiger partial charge in [-0.1, -0.05) is 12.1 Å². The number of benzene rings is 1. The first-order valence-electron chi connectivity index (χ1n) is 8.21. The Balaban J connectivity index is 1.84. The van der Waals surface area contributed by atoms with Crippen molar-refractivity contribution in [3.63, 3.8) is 0 Å². The van der Waals surface area contributed by atoms with Crippen molar-refractivity contribution in [1.29, 1.82) is 0 Å². The highest BCUT2D eigenvalue weighted by atomic mass is 16.5. The monoisotopic (exact) mass is 369 g/mol. The Morgan fingerprint density at radius 3 is 2.30 bits per heavy atom. The number of hydrogen-bond acceptors (Lipinski definition) is 7. The lowest BCUT2D eigenvalue weighted by molar-refractivity contribution is -0.119. The number of fused-ring (bicyclic) bond motifs is 1. The molecule has 0 bridgehead atoms. The van der Waals surface area contributed by atoms with E-state index >= 15 is 0 Å². The molecule has 140 valence electrons. The summed E-state index contributed by atoms with van der Waals surface area (Å²) in [7, 11) is 4.95. The van der Waals surface area contributed by atoms with Crippen molar-refractivity contribution in [3.05, 3.63) is 41.6 Å². The minimum Gasteiger partial charge on any atom is -0.467 e. The van der Waals surface area contributed by atoms with Crippen LogP contribution in [0.5, 0.6) is 6.01 Å². The number of amides is 3. The van der Waals surface area contributed by atoms with Crippen LogP contribution in [0.15, 0.2) is 30.5 Å². The summed E-state index contributed by atoms with van der Waals surface area (Å²) in [5.74, 6) is -1.07. The SMILES string of the molecule is COc1ncc(NC(=O)C(C)N2C(=O)c3ccccc3C2=O)c(N(C)C)n1. The van der Waals surface area contributed by atoms with Gasteiger partial charge in [0.15, 0.2) is 5.82 Å². The van der Waals surface area contributed by atoms with E-state index in [0.29, 0.717) is 22.6 Å². The third-order valence-corrected chi connectivity index (χ3v) is 4.20. The van der Waals surface area contributed by atoms with Crippen LogP contribution in [0.1, 0.15) is 27.6 Å². The summed E-state index contributed by atoms with van der Waals surface area (Å²) in [6.45, 7) is 1.50. The molecule has 1 atom stereocenters. The molecular formula is C18H19N5O4. The topological polar surface area (TPSA) is 105 Å². The molecule has 0 spiro atoms. The van der Waals surface area contributed by atoms with E-state index in [1.165, 1.54) is 20.2 Å². The summed E-state index contributed by atoms with van der Waals surface area (Å²) in [5.41, 5.74) is 0.932. The first kappa shape index (κ1) is 18.3. The fraction of sp³-hybridized carbons (Fsp3) is 0.278. The zero-order chi connectivity index (χ0) is 19.7. The fourth-order valence-corrected chi connectivity index (χ4v) is 2.80. The smallest absolute Gasteiger partial charge is 0.318 e. The molecule has 0 radical (unpaired) electrons. The maximum Gasteiger partial charge on any atom is 0.318 e. The average molecular weight is 369 g/mol. The number of nitrogens with one attached hydrogen (secondary N) is 1. The van der Waals surface area contributed by atoms with Crippen molar-refractivity contribution >= 4 is 29.2 Å². The van der Waals surface area contributed by atoms with Crippen LogP contribution in [0.25, 0.3) is 0 Å². The molecule has 3 rings (SSSR count). The van der Waals surface area contributed by atoms with Crippen molar-refractivity contribution in [2.75, 3.05) is 31.4 Å². The Kier molecular flexibility index (Phi) is 4.76. The molecule has 2 aromatic rings. The van der Waals surface area contributed by atoms with E-state index in [1.807, 2.05) is 0 Å². The van der Waals surface area contributed by atoms with Crippen LogP contribution < -0.4 is 15.0 Å². The summed E-state index contributed by atoms with van der Waals surface area (Å²) in [4.78, 5) is 48.6. The molecular weight excluding hydrogens is 350 g/mol. The molecule has 1 N–H and O–H groups in total. The van der Waals surface area contributed by atoms with Crippen LogP contribution in [0, 0.1) is 0 Å². The number of methoxy groups -OCH3 is 1. The largest absolute Gasteiger partial charge is 0.467 e.